The van der Waals surface area contributed by atoms with Gasteiger partial charge in [-0.05, 0) is 36.4 Å². The van der Waals surface area contributed by atoms with Crippen LogP contribution in [0.5, 0.6) is 0 Å². The van der Waals surface area contributed by atoms with Crippen molar-refractivity contribution in [3.05, 3.63) is 59.1 Å². The van der Waals surface area contributed by atoms with Gasteiger partial charge in [0.05, 0.1) is 6.42 Å². The van der Waals surface area contributed by atoms with Crippen molar-refractivity contribution in [3.8, 4) is 0 Å². The molecule has 2 N–H and O–H groups in total. The molecule has 2 aromatic rings. The smallest absolute Gasteiger partial charge is 0.306 e. The Labute approximate surface area is 153 Å². The number of esters is 1. The molecule has 0 aromatic heterocycles. The maximum atomic E-state index is 11.8. The van der Waals surface area contributed by atoms with Crippen LogP contribution >= 0.6 is 15.9 Å². The second-order valence-corrected chi connectivity index (χ2v) is 6.05. The summed E-state index contributed by atoms with van der Waals surface area (Å²) in [5.41, 5.74) is 1.27. The molecule has 0 heterocycles. The Kier molecular flexibility index (Phi) is 7.16. The molecule has 7 heteroatoms. The number of carbonyl (C=O) groups excluding carboxylic acids is 3. The lowest BCUT2D eigenvalue weighted by molar-refractivity contribution is -0.147. The third kappa shape index (κ3) is 7.17. The Bertz CT molecular complexity index is 733. The van der Waals surface area contributed by atoms with E-state index in [4.69, 9.17) is 4.74 Å². The standard InChI is InChI=1S/C18H17BrN2O4/c19-13-6-8-15(9-7-13)20-16(22)10-11-18(24)25-12-17(23)21-14-4-2-1-3-5-14/h1-9H,10-12H2,(H,20,22)(H,21,23). The van der Waals surface area contributed by atoms with E-state index in [2.05, 4.69) is 26.6 Å². The van der Waals surface area contributed by atoms with Crippen LogP contribution in [0.2, 0.25) is 0 Å². The van der Waals surface area contributed by atoms with Gasteiger partial charge in [0, 0.05) is 22.3 Å². The minimum atomic E-state index is -0.603. The van der Waals surface area contributed by atoms with Crippen LogP contribution in [-0.2, 0) is 19.1 Å². The van der Waals surface area contributed by atoms with Crippen LogP contribution in [0.4, 0.5) is 11.4 Å². The van der Waals surface area contributed by atoms with Crippen LogP contribution in [0, 0.1) is 0 Å². The number of ether oxygens (including phenoxy) is 1. The number of benzene rings is 2. The molecule has 0 saturated carbocycles. The number of hydrogen-bond donors (Lipinski definition) is 2. The summed E-state index contributed by atoms with van der Waals surface area (Å²) in [6.45, 7) is -0.387. The summed E-state index contributed by atoms with van der Waals surface area (Å²) in [6.07, 6.45) is -0.115. The number of amides is 2. The van der Waals surface area contributed by atoms with Crippen molar-refractivity contribution in [2.75, 3.05) is 17.2 Å². The minimum Gasteiger partial charge on any atom is -0.456 e. The molecule has 25 heavy (non-hydrogen) atoms. The molecular formula is C18H17BrN2O4. The zero-order chi connectivity index (χ0) is 18.1. The molecule has 0 aliphatic carbocycles. The Morgan fingerprint density at radius 1 is 0.800 bits per heavy atom. The van der Waals surface area contributed by atoms with E-state index in [1.54, 1.807) is 48.5 Å². The van der Waals surface area contributed by atoms with Crippen LogP contribution in [0.25, 0.3) is 0 Å². The Morgan fingerprint density at radius 3 is 2.08 bits per heavy atom. The highest BCUT2D eigenvalue weighted by atomic mass is 79.9. The first-order valence-electron chi connectivity index (χ1n) is 7.59. The van der Waals surface area contributed by atoms with E-state index in [1.807, 2.05) is 6.07 Å². The summed E-state index contributed by atoms with van der Waals surface area (Å²) in [5, 5.41) is 5.28. The monoisotopic (exact) mass is 404 g/mol. The van der Waals surface area contributed by atoms with E-state index in [0.717, 1.165) is 4.47 Å². The molecule has 0 aliphatic heterocycles. The fraction of sp³-hybridized carbons (Fsp3) is 0.167. The SMILES string of the molecule is O=C(CCC(=O)OCC(=O)Nc1ccccc1)Nc1ccc(Br)cc1. The maximum Gasteiger partial charge on any atom is 0.306 e. The molecule has 2 aromatic carbocycles. The quantitative estimate of drug-likeness (QED) is 0.692. The fourth-order valence-electron chi connectivity index (χ4n) is 1.91. The van der Waals surface area contributed by atoms with E-state index in [9.17, 15) is 14.4 Å². The number of para-hydroxylation sites is 1. The molecule has 0 saturated heterocycles. The molecule has 0 fully saturated rings. The summed E-state index contributed by atoms with van der Waals surface area (Å²) >= 11 is 3.30. The predicted octanol–water partition coefficient (Wildman–Crippen LogP) is 3.35. The zero-order valence-electron chi connectivity index (χ0n) is 13.3. The van der Waals surface area contributed by atoms with Gasteiger partial charge in [-0.3, -0.25) is 14.4 Å². The third-order valence-corrected chi connectivity index (χ3v) is 3.63. The highest BCUT2D eigenvalue weighted by Gasteiger charge is 2.11. The molecular weight excluding hydrogens is 388 g/mol. The van der Waals surface area contributed by atoms with Gasteiger partial charge in [0.25, 0.3) is 5.91 Å². The first kappa shape index (κ1) is 18.7. The van der Waals surface area contributed by atoms with E-state index >= 15 is 0 Å². The van der Waals surface area contributed by atoms with Crippen LogP contribution in [-0.4, -0.2) is 24.4 Å². The molecule has 2 rings (SSSR count). The lowest BCUT2D eigenvalue weighted by atomic mass is 10.2. The van der Waals surface area contributed by atoms with Crippen LogP contribution < -0.4 is 10.6 Å². The molecule has 0 bridgehead atoms. The van der Waals surface area contributed by atoms with E-state index in [0.29, 0.717) is 11.4 Å². The van der Waals surface area contributed by atoms with Gasteiger partial charge in [0.15, 0.2) is 6.61 Å². The van der Waals surface area contributed by atoms with E-state index < -0.39 is 11.9 Å². The summed E-state index contributed by atoms with van der Waals surface area (Å²) in [6, 6.07) is 15.9. The first-order chi connectivity index (χ1) is 12.0. The molecule has 2 amide bonds. The molecule has 0 radical (unpaired) electrons. The highest BCUT2D eigenvalue weighted by Crippen LogP contribution is 2.14. The Morgan fingerprint density at radius 2 is 1.40 bits per heavy atom. The van der Waals surface area contributed by atoms with Crippen molar-refractivity contribution in [1.29, 1.82) is 0 Å². The molecule has 0 aliphatic rings. The first-order valence-corrected chi connectivity index (χ1v) is 8.38. The van der Waals surface area contributed by atoms with Gasteiger partial charge >= 0.3 is 5.97 Å². The molecule has 0 spiro atoms. The van der Waals surface area contributed by atoms with Gasteiger partial charge in [-0.15, -0.1) is 0 Å². The number of hydrogen-bond acceptors (Lipinski definition) is 4. The minimum absolute atomic E-state index is 0.0186. The number of rotatable bonds is 7. The second-order valence-electron chi connectivity index (χ2n) is 5.13. The van der Waals surface area contributed by atoms with Gasteiger partial charge in [-0.1, -0.05) is 34.1 Å². The van der Waals surface area contributed by atoms with Crippen LogP contribution in [0.1, 0.15) is 12.8 Å². The average molecular weight is 405 g/mol. The number of halogens is 1. The highest BCUT2D eigenvalue weighted by molar-refractivity contribution is 9.10. The second kappa shape index (κ2) is 9.58. The van der Waals surface area contributed by atoms with Crippen molar-refractivity contribution in [2.24, 2.45) is 0 Å². The topological polar surface area (TPSA) is 84.5 Å². The number of anilines is 2. The molecule has 0 unspecified atom stereocenters. The lowest BCUT2D eigenvalue weighted by Crippen LogP contribution is -2.21. The van der Waals surface area contributed by atoms with Gasteiger partial charge in [-0.25, -0.2) is 0 Å². The van der Waals surface area contributed by atoms with Crippen LogP contribution in [0.15, 0.2) is 59.1 Å². The maximum absolute atomic E-state index is 11.8. The van der Waals surface area contributed by atoms with E-state index in [1.165, 1.54) is 0 Å². The summed E-state index contributed by atoms with van der Waals surface area (Å²) in [5.74, 6) is -1.33. The number of nitrogens with one attached hydrogen (secondary N) is 2. The average Bonchev–Trinajstić information content (AvgIpc) is 2.61. The molecule has 0 atom stereocenters. The van der Waals surface area contributed by atoms with E-state index in [-0.39, 0.29) is 25.4 Å². The molecule has 6 nitrogen and oxygen atoms in total. The van der Waals surface area contributed by atoms with Gasteiger partial charge in [0.1, 0.15) is 0 Å². The summed E-state index contributed by atoms with van der Waals surface area (Å²) in [4.78, 5) is 35.0. The third-order valence-electron chi connectivity index (χ3n) is 3.11. The van der Waals surface area contributed by atoms with Gasteiger partial charge in [-0.2, -0.15) is 0 Å². The lowest BCUT2D eigenvalue weighted by Gasteiger charge is -2.07. The largest absolute Gasteiger partial charge is 0.456 e. The van der Waals surface area contributed by atoms with Crippen molar-refractivity contribution in [1.82, 2.24) is 0 Å². The Hall–Kier alpha value is -2.67. The predicted molar refractivity (Wildman–Crippen MR) is 98.0 cm³/mol. The fourth-order valence-corrected chi connectivity index (χ4v) is 2.17. The van der Waals surface area contributed by atoms with Crippen molar-refractivity contribution < 1.29 is 19.1 Å². The van der Waals surface area contributed by atoms with Crippen molar-refractivity contribution in [2.45, 2.75) is 12.8 Å². The summed E-state index contributed by atoms with van der Waals surface area (Å²) in [7, 11) is 0. The normalized spacial score (nSPS) is 9.96. The van der Waals surface area contributed by atoms with Crippen molar-refractivity contribution in [3.63, 3.8) is 0 Å². The Balaban J connectivity index is 1.65. The summed E-state index contributed by atoms with van der Waals surface area (Å²) < 4.78 is 5.76. The zero-order valence-corrected chi connectivity index (χ0v) is 14.9. The van der Waals surface area contributed by atoms with Crippen molar-refractivity contribution >= 4 is 45.1 Å². The molecule has 130 valence electrons. The number of carbonyl (C=O) groups is 3. The van der Waals surface area contributed by atoms with Crippen LogP contribution in [0.3, 0.4) is 0 Å². The van der Waals surface area contributed by atoms with Gasteiger partial charge in [0.2, 0.25) is 5.91 Å². The van der Waals surface area contributed by atoms with Gasteiger partial charge < -0.3 is 15.4 Å².